The van der Waals surface area contributed by atoms with E-state index < -0.39 is 10.8 Å². The number of carbonyl (C=O) groups is 1. The molecule has 9 heteroatoms. The average Bonchev–Trinajstić information content (AvgIpc) is 3.13. The first-order chi connectivity index (χ1) is 13.9. The smallest absolute Gasteiger partial charge is 0.282 e. The van der Waals surface area contributed by atoms with Gasteiger partial charge in [0.25, 0.3) is 11.6 Å². The topological polar surface area (TPSA) is 98.3 Å². The number of hydrogen-bond acceptors (Lipinski definition) is 5. The van der Waals surface area contributed by atoms with E-state index in [0.29, 0.717) is 38.3 Å². The fourth-order valence-corrected chi connectivity index (χ4v) is 3.32. The van der Waals surface area contributed by atoms with E-state index in [1.54, 1.807) is 42.5 Å². The second-order valence-corrected chi connectivity index (χ2v) is 6.90. The van der Waals surface area contributed by atoms with Crippen LogP contribution in [0.15, 0.2) is 65.1 Å². The Balaban J connectivity index is 1.58. The number of carbonyl (C=O) groups excluding carboxylic acids is 1. The highest BCUT2D eigenvalue weighted by atomic mass is 35.5. The van der Waals surface area contributed by atoms with Crippen molar-refractivity contribution in [3.8, 4) is 11.5 Å². The van der Waals surface area contributed by atoms with Crippen molar-refractivity contribution in [2.45, 2.75) is 0 Å². The number of para-hydroxylation sites is 1. The third-order valence-electron chi connectivity index (χ3n) is 4.14. The Hall–Kier alpha value is -3.42. The number of hydrogen-bond donors (Lipinski definition) is 1. The highest BCUT2D eigenvalue weighted by molar-refractivity contribution is 6.38. The van der Waals surface area contributed by atoms with Crippen molar-refractivity contribution in [1.82, 2.24) is 4.98 Å². The third kappa shape index (κ3) is 3.78. The summed E-state index contributed by atoms with van der Waals surface area (Å²) in [6.07, 6.45) is 0. The Kier molecular flexibility index (Phi) is 4.92. The number of aromatic nitrogens is 1. The standard InChI is InChI=1S/C20H11Cl2N3O4/c21-12-9-15(22)18-16(10-12)24-20(29-18)11-5-7-13(8-6-11)23-19(26)14-3-1-2-4-17(14)25(27)28/h1-10H,(H,23,26). The monoisotopic (exact) mass is 427 g/mol. The molecule has 0 saturated heterocycles. The minimum atomic E-state index is -0.595. The number of oxazole rings is 1. The summed E-state index contributed by atoms with van der Waals surface area (Å²) in [5, 5.41) is 14.5. The van der Waals surface area contributed by atoms with E-state index in [-0.39, 0.29) is 11.3 Å². The Morgan fingerprint density at radius 1 is 1.07 bits per heavy atom. The van der Waals surface area contributed by atoms with Crippen molar-refractivity contribution < 1.29 is 14.1 Å². The number of nitrogens with one attached hydrogen (secondary N) is 1. The first-order valence-electron chi connectivity index (χ1n) is 8.33. The van der Waals surface area contributed by atoms with Crippen LogP contribution in [0, 0.1) is 10.1 Å². The van der Waals surface area contributed by atoms with Gasteiger partial charge in [-0.05, 0) is 42.5 Å². The normalized spacial score (nSPS) is 10.8. The van der Waals surface area contributed by atoms with Crippen LogP contribution in [0.1, 0.15) is 10.4 Å². The van der Waals surface area contributed by atoms with Gasteiger partial charge in [0.05, 0.1) is 9.95 Å². The molecule has 0 fully saturated rings. The number of fused-ring (bicyclic) bond motifs is 1. The van der Waals surface area contributed by atoms with E-state index in [2.05, 4.69) is 10.3 Å². The van der Waals surface area contributed by atoms with Crippen LogP contribution in [-0.2, 0) is 0 Å². The molecule has 1 aromatic heterocycles. The van der Waals surface area contributed by atoms with Gasteiger partial charge in [-0.2, -0.15) is 0 Å². The summed E-state index contributed by atoms with van der Waals surface area (Å²) >= 11 is 12.1. The van der Waals surface area contributed by atoms with Crippen LogP contribution in [0.4, 0.5) is 11.4 Å². The van der Waals surface area contributed by atoms with Crippen molar-refractivity contribution >= 4 is 51.6 Å². The Morgan fingerprint density at radius 3 is 2.52 bits per heavy atom. The molecule has 0 aliphatic heterocycles. The summed E-state index contributed by atoms with van der Waals surface area (Å²) in [5.74, 6) is -0.228. The van der Waals surface area contributed by atoms with Gasteiger partial charge in [0, 0.05) is 22.3 Å². The summed E-state index contributed by atoms with van der Waals surface area (Å²) in [6, 6.07) is 15.7. The van der Waals surface area contributed by atoms with Gasteiger partial charge in [0.2, 0.25) is 5.89 Å². The zero-order valence-corrected chi connectivity index (χ0v) is 16.1. The molecule has 3 aromatic carbocycles. The molecule has 1 amide bonds. The van der Waals surface area contributed by atoms with Crippen LogP contribution in [0.3, 0.4) is 0 Å². The van der Waals surface area contributed by atoms with Gasteiger partial charge in [0.15, 0.2) is 5.58 Å². The summed E-state index contributed by atoms with van der Waals surface area (Å²) in [4.78, 5) is 27.3. The van der Waals surface area contributed by atoms with Gasteiger partial charge < -0.3 is 9.73 Å². The lowest BCUT2D eigenvalue weighted by Gasteiger charge is -2.06. The fourth-order valence-electron chi connectivity index (χ4n) is 2.80. The molecule has 0 aliphatic rings. The maximum absolute atomic E-state index is 12.4. The van der Waals surface area contributed by atoms with E-state index in [4.69, 9.17) is 27.6 Å². The fraction of sp³-hybridized carbons (Fsp3) is 0. The van der Waals surface area contributed by atoms with Crippen molar-refractivity contribution in [1.29, 1.82) is 0 Å². The lowest BCUT2D eigenvalue weighted by Crippen LogP contribution is -2.13. The minimum Gasteiger partial charge on any atom is -0.435 e. The van der Waals surface area contributed by atoms with Crippen molar-refractivity contribution in [2.75, 3.05) is 5.32 Å². The molecule has 0 unspecified atom stereocenters. The molecule has 144 valence electrons. The zero-order valence-electron chi connectivity index (χ0n) is 14.6. The van der Waals surface area contributed by atoms with Gasteiger partial charge in [-0.1, -0.05) is 35.3 Å². The number of anilines is 1. The average molecular weight is 428 g/mol. The third-order valence-corrected chi connectivity index (χ3v) is 4.64. The van der Waals surface area contributed by atoms with Gasteiger partial charge in [-0.25, -0.2) is 4.98 Å². The van der Waals surface area contributed by atoms with E-state index in [1.165, 1.54) is 18.2 Å². The first kappa shape index (κ1) is 18.9. The predicted molar refractivity (Wildman–Crippen MR) is 111 cm³/mol. The predicted octanol–water partition coefficient (Wildman–Crippen LogP) is 5.96. The molecule has 0 atom stereocenters. The number of benzene rings is 3. The van der Waals surface area contributed by atoms with E-state index in [9.17, 15) is 14.9 Å². The maximum atomic E-state index is 12.4. The molecule has 0 radical (unpaired) electrons. The lowest BCUT2D eigenvalue weighted by molar-refractivity contribution is -0.385. The van der Waals surface area contributed by atoms with Crippen LogP contribution in [0.5, 0.6) is 0 Å². The highest BCUT2D eigenvalue weighted by Gasteiger charge is 2.19. The summed E-state index contributed by atoms with van der Waals surface area (Å²) < 4.78 is 5.71. The Morgan fingerprint density at radius 2 is 1.79 bits per heavy atom. The molecule has 0 bridgehead atoms. The number of nitrogens with zero attached hydrogens (tertiary/aromatic N) is 2. The summed E-state index contributed by atoms with van der Waals surface area (Å²) in [7, 11) is 0. The van der Waals surface area contributed by atoms with E-state index >= 15 is 0 Å². The van der Waals surface area contributed by atoms with Crippen molar-refractivity contribution in [3.63, 3.8) is 0 Å². The minimum absolute atomic E-state index is 0.0213. The van der Waals surface area contributed by atoms with Crippen LogP contribution in [-0.4, -0.2) is 15.8 Å². The zero-order chi connectivity index (χ0) is 20.5. The first-order valence-corrected chi connectivity index (χ1v) is 9.09. The highest BCUT2D eigenvalue weighted by Crippen LogP contribution is 2.32. The van der Waals surface area contributed by atoms with Crippen LogP contribution in [0.2, 0.25) is 10.0 Å². The Bertz CT molecular complexity index is 1250. The molecule has 7 nitrogen and oxygen atoms in total. The number of rotatable bonds is 4. The molecule has 0 saturated carbocycles. The molecule has 0 spiro atoms. The van der Waals surface area contributed by atoms with E-state index in [0.717, 1.165) is 0 Å². The van der Waals surface area contributed by atoms with Gasteiger partial charge in [0.1, 0.15) is 11.1 Å². The SMILES string of the molecule is O=C(Nc1ccc(-c2nc3cc(Cl)cc(Cl)c3o2)cc1)c1ccccc1[N+](=O)[O-]. The second-order valence-electron chi connectivity index (χ2n) is 6.06. The number of amides is 1. The molecule has 4 aromatic rings. The molecule has 1 N–H and O–H groups in total. The van der Waals surface area contributed by atoms with Crippen molar-refractivity contribution in [3.05, 3.63) is 86.4 Å². The van der Waals surface area contributed by atoms with Crippen LogP contribution < -0.4 is 5.32 Å². The molecule has 4 rings (SSSR count). The molecular weight excluding hydrogens is 417 g/mol. The molecule has 0 aliphatic carbocycles. The van der Waals surface area contributed by atoms with E-state index in [1.807, 2.05) is 0 Å². The van der Waals surface area contributed by atoms with Gasteiger partial charge in [-0.15, -0.1) is 0 Å². The molecule has 1 heterocycles. The van der Waals surface area contributed by atoms with Gasteiger partial charge in [-0.3, -0.25) is 14.9 Å². The summed E-state index contributed by atoms with van der Waals surface area (Å²) in [5.41, 5.74) is 1.81. The maximum Gasteiger partial charge on any atom is 0.282 e. The molecule has 29 heavy (non-hydrogen) atoms. The molecular formula is C20H11Cl2N3O4. The largest absolute Gasteiger partial charge is 0.435 e. The number of halogens is 2. The lowest BCUT2D eigenvalue weighted by atomic mass is 10.1. The van der Waals surface area contributed by atoms with Crippen LogP contribution >= 0.6 is 23.2 Å². The van der Waals surface area contributed by atoms with Gasteiger partial charge >= 0.3 is 0 Å². The summed E-state index contributed by atoms with van der Waals surface area (Å²) in [6.45, 7) is 0. The second kappa shape index (κ2) is 7.54. The Labute approximate surface area is 174 Å². The number of nitro benzene ring substituents is 1. The van der Waals surface area contributed by atoms with Crippen LogP contribution in [0.25, 0.3) is 22.6 Å². The quantitative estimate of drug-likeness (QED) is 0.319. The number of nitro groups is 1. The van der Waals surface area contributed by atoms with Crippen molar-refractivity contribution in [2.24, 2.45) is 0 Å².